The number of hydrazone groups is 1. The van der Waals surface area contributed by atoms with Gasteiger partial charge in [-0.05, 0) is 31.4 Å². The molecule has 2 aromatic rings. The zero-order chi connectivity index (χ0) is 15.4. The van der Waals surface area contributed by atoms with Crippen LogP contribution in [0.15, 0.2) is 22.6 Å². The highest BCUT2D eigenvalue weighted by Gasteiger charge is 2.36. The van der Waals surface area contributed by atoms with Crippen molar-refractivity contribution in [2.45, 2.75) is 25.7 Å². The first kappa shape index (κ1) is 14.1. The number of hydrogen-bond acceptors (Lipinski definition) is 6. The number of aliphatic hydroxyl groups is 2. The molecule has 7 nitrogen and oxygen atoms in total. The molecule has 0 spiro atoms. The molecule has 3 heterocycles. The molecule has 0 saturated carbocycles. The molecule has 0 amide bonds. The fourth-order valence-corrected chi connectivity index (χ4v) is 3.29. The Hall–Kier alpha value is -1.90. The topological polar surface area (TPSA) is 98.3 Å². The second kappa shape index (κ2) is 4.55. The van der Waals surface area contributed by atoms with E-state index in [9.17, 15) is 15.0 Å². The molecule has 112 valence electrons. The van der Waals surface area contributed by atoms with Crippen molar-refractivity contribution in [2.24, 2.45) is 5.10 Å². The molecule has 1 atom stereocenters. The van der Waals surface area contributed by atoms with E-state index in [0.29, 0.717) is 11.5 Å². The lowest BCUT2D eigenvalue weighted by molar-refractivity contribution is -0.142. The normalized spacial score (nSPS) is 18.8. The van der Waals surface area contributed by atoms with Crippen LogP contribution in [0.3, 0.4) is 0 Å². The van der Waals surface area contributed by atoms with E-state index in [1.807, 2.05) is 11.4 Å². The van der Waals surface area contributed by atoms with Crippen molar-refractivity contribution in [1.82, 2.24) is 9.58 Å². The highest BCUT2D eigenvalue weighted by atomic mass is 32.1. The summed E-state index contributed by atoms with van der Waals surface area (Å²) in [4.78, 5) is 11.8. The van der Waals surface area contributed by atoms with Crippen molar-refractivity contribution >= 4 is 33.4 Å². The number of carboxylic acids is 1. The van der Waals surface area contributed by atoms with Crippen molar-refractivity contribution in [2.75, 3.05) is 6.54 Å². The minimum Gasteiger partial charge on any atom is -0.480 e. The molecular weight excluding hydrogens is 294 g/mol. The summed E-state index contributed by atoms with van der Waals surface area (Å²) in [5.74, 6) is -0.809. The Morgan fingerprint density at radius 2 is 2.24 bits per heavy atom. The minimum absolute atomic E-state index is 0.293. The van der Waals surface area contributed by atoms with E-state index in [4.69, 9.17) is 5.11 Å². The zero-order valence-electron chi connectivity index (χ0n) is 11.5. The molecule has 0 aromatic carbocycles. The predicted molar refractivity (Wildman–Crippen MR) is 78.2 cm³/mol. The van der Waals surface area contributed by atoms with Gasteiger partial charge in [0.05, 0.1) is 5.69 Å². The predicted octanol–water partition coefficient (Wildman–Crippen LogP) is 1.03. The summed E-state index contributed by atoms with van der Waals surface area (Å²) in [6.07, 6.45) is -1.16. The SMILES string of the molecule is CC(C)(O)C1=NN(CC(=O)O)C(O)c2cc3ccsc3n21. The van der Waals surface area contributed by atoms with Crippen molar-refractivity contribution in [3.63, 3.8) is 0 Å². The minimum atomic E-state index is -1.28. The quantitative estimate of drug-likeness (QED) is 0.786. The zero-order valence-corrected chi connectivity index (χ0v) is 12.3. The summed E-state index contributed by atoms with van der Waals surface area (Å²) in [5.41, 5.74) is -0.771. The maximum absolute atomic E-state index is 10.9. The second-order valence-electron chi connectivity index (χ2n) is 5.43. The van der Waals surface area contributed by atoms with Crippen molar-refractivity contribution in [3.8, 4) is 0 Å². The summed E-state index contributed by atoms with van der Waals surface area (Å²) in [5, 5.41) is 37.7. The third-order valence-corrected chi connectivity index (χ3v) is 4.18. The van der Waals surface area contributed by atoms with E-state index in [-0.39, 0.29) is 0 Å². The van der Waals surface area contributed by atoms with Gasteiger partial charge in [-0.1, -0.05) is 0 Å². The van der Waals surface area contributed by atoms with Gasteiger partial charge in [0.25, 0.3) is 0 Å². The standard InChI is InChI=1S/C13H15N3O4S/c1-13(2,20)12-14-15(6-9(17)18)10(19)8-5-7-3-4-21-11(7)16(8)12/h3-5,10,19-20H,6H2,1-2H3,(H,17,18). The van der Waals surface area contributed by atoms with E-state index in [1.165, 1.54) is 11.3 Å². The van der Waals surface area contributed by atoms with Crippen LogP contribution in [-0.4, -0.2) is 48.8 Å². The third kappa shape index (κ3) is 2.21. The summed E-state index contributed by atoms with van der Waals surface area (Å²) in [6.45, 7) is 2.71. The number of rotatable bonds is 3. The molecule has 0 aliphatic carbocycles. The monoisotopic (exact) mass is 309 g/mol. The van der Waals surface area contributed by atoms with E-state index in [2.05, 4.69) is 5.10 Å². The summed E-state index contributed by atoms with van der Waals surface area (Å²) >= 11 is 1.47. The molecule has 3 rings (SSSR count). The number of nitrogens with zero attached hydrogens (tertiary/aromatic N) is 3. The van der Waals surface area contributed by atoms with E-state index < -0.39 is 24.3 Å². The summed E-state index contributed by atoms with van der Waals surface area (Å²) in [7, 11) is 0. The largest absolute Gasteiger partial charge is 0.480 e. The third-order valence-electron chi connectivity index (χ3n) is 3.27. The number of fused-ring (bicyclic) bond motifs is 3. The smallest absolute Gasteiger partial charge is 0.325 e. The van der Waals surface area contributed by atoms with Gasteiger partial charge in [-0.3, -0.25) is 14.4 Å². The van der Waals surface area contributed by atoms with Crippen LogP contribution in [0.2, 0.25) is 0 Å². The Morgan fingerprint density at radius 1 is 1.52 bits per heavy atom. The number of carboxylic acid groups (broad SMARTS) is 1. The van der Waals surface area contributed by atoms with Crippen LogP contribution in [0.5, 0.6) is 0 Å². The van der Waals surface area contributed by atoms with Gasteiger partial charge in [-0.25, -0.2) is 0 Å². The van der Waals surface area contributed by atoms with Gasteiger partial charge in [0.1, 0.15) is 17.0 Å². The summed E-state index contributed by atoms with van der Waals surface area (Å²) < 4.78 is 1.70. The van der Waals surface area contributed by atoms with Crippen molar-refractivity contribution < 1.29 is 20.1 Å². The number of carbonyl (C=O) groups is 1. The number of aromatic nitrogens is 1. The summed E-state index contributed by atoms with van der Waals surface area (Å²) in [6, 6.07) is 3.69. The number of aliphatic hydroxyl groups excluding tert-OH is 1. The molecule has 21 heavy (non-hydrogen) atoms. The van der Waals surface area contributed by atoms with Crippen LogP contribution in [0.1, 0.15) is 25.8 Å². The van der Waals surface area contributed by atoms with Crippen LogP contribution >= 0.6 is 11.3 Å². The lowest BCUT2D eigenvalue weighted by Crippen LogP contribution is -2.45. The van der Waals surface area contributed by atoms with Gasteiger partial charge in [0.15, 0.2) is 12.1 Å². The van der Waals surface area contributed by atoms with Gasteiger partial charge < -0.3 is 15.3 Å². The first-order valence-corrected chi connectivity index (χ1v) is 7.24. The Labute approximate surface area is 124 Å². The Bertz CT molecular complexity index is 740. The van der Waals surface area contributed by atoms with Gasteiger partial charge in [0, 0.05) is 5.39 Å². The van der Waals surface area contributed by atoms with Crippen molar-refractivity contribution in [1.29, 1.82) is 0 Å². The molecule has 2 aromatic heterocycles. The van der Waals surface area contributed by atoms with Crippen LogP contribution in [-0.2, 0) is 4.79 Å². The van der Waals surface area contributed by atoms with E-state index >= 15 is 0 Å². The lowest BCUT2D eigenvalue weighted by Gasteiger charge is -2.34. The van der Waals surface area contributed by atoms with Gasteiger partial charge in [-0.15, -0.1) is 11.3 Å². The van der Waals surface area contributed by atoms with E-state index in [0.717, 1.165) is 15.2 Å². The molecule has 1 unspecified atom stereocenters. The maximum atomic E-state index is 10.9. The Balaban J connectivity index is 2.21. The molecular formula is C13H15N3O4S. The first-order valence-electron chi connectivity index (χ1n) is 6.36. The molecule has 0 radical (unpaired) electrons. The van der Waals surface area contributed by atoms with Gasteiger partial charge in [-0.2, -0.15) is 5.10 Å². The van der Waals surface area contributed by atoms with E-state index in [1.54, 1.807) is 24.5 Å². The Kier molecular flexibility index (Phi) is 3.05. The highest BCUT2D eigenvalue weighted by molar-refractivity contribution is 7.17. The maximum Gasteiger partial charge on any atom is 0.325 e. The molecule has 0 saturated heterocycles. The molecule has 0 fully saturated rings. The first-order chi connectivity index (χ1) is 9.79. The lowest BCUT2D eigenvalue weighted by atomic mass is 10.1. The van der Waals surface area contributed by atoms with Crippen LogP contribution < -0.4 is 0 Å². The molecule has 8 heteroatoms. The number of thiophene rings is 1. The number of aliphatic carboxylic acids is 1. The average Bonchev–Trinajstić information content (AvgIpc) is 2.91. The highest BCUT2D eigenvalue weighted by Crippen LogP contribution is 2.34. The van der Waals surface area contributed by atoms with Gasteiger partial charge in [0.2, 0.25) is 0 Å². The molecule has 3 N–H and O–H groups in total. The number of hydrogen-bond donors (Lipinski definition) is 3. The molecule has 1 aliphatic heterocycles. The van der Waals surface area contributed by atoms with Crippen molar-refractivity contribution in [3.05, 3.63) is 23.2 Å². The van der Waals surface area contributed by atoms with Crippen LogP contribution in [0.4, 0.5) is 0 Å². The van der Waals surface area contributed by atoms with Crippen LogP contribution in [0.25, 0.3) is 10.2 Å². The molecule has 0 bridgehead atoms. The van der Waals surface area contributed by atoms with Gasteiger partial charge >= 0.3 is 5.97 Å². The average molecular weight is 309 g/mol. The van der Waals surface area contributed by atoms with Crippen LogP contribution in [0, 0.1) is 0 Å². The Morgan fingerprint density at radius 3 is 2.86 bits per heavy atom. The fourth-order valence-electron chi connectivity index (χ4n) is 2.38. The fraction of sp³-hybridized carbons (Fsp3) is 0.385. The second-order valence-corrected chi connectivity index (χ2v) is 6.33. The molecule has 1 aliphatic rings.